The number of likely N-dealkylation sites (tertiary alicyclic amines) is 1. The summed E-state index contributed by atoms with van der Waals surface area (Å²) in [6.45, 7) is 7.25. The standard InChI is InChI=1S/C15H21N3O4/c1-10-7-11(2)9-17(8-10)15(19)12(3)22-13-5-4-6-16-14(13)18(20)21/h4-6,10-12H,7-9H2,1-3H3/t10-,11-,12-/m1/s1. The normalized spacial score (nSPS) is 23.0. The van der Waals surface area contributed by atoms with Crippen molar-refractivity contribution in [1.82, 2.24) is 9.88 Å². The molecule has 0 unspecified atom stereocenters. The van der Waals surface area contributed by atoms with Crippen molar-refractivity contribution in [3.05, 3.63) is 28.4 Å². The Morgan fingerprint density at radius 3 is 2.68 bits per heavy atom. The van der Waals surface area contributed by atoms with Crippen molar-refractivity contribution in [2.45, 2.75) is 33.3 Å². The lowest BCUT2D eigenvalue weighted by atomic mass is 9.91. The van der Waals surface area contributed by atoms with Crippen LogP contribution in [0.15, 0.2) is 18.3 Å². The number of carbonyl (C=O) groups is 1. The Morgan fingerprint density at radius 1 is 1.45 bits per heavy atom. The molecule has 22 heavy (non-hydrogen) atoms. The molecule has 1 aliphatic rings. The fourth-order valence-electron chi connectivity index (χ4n) is 2.95. The van der Waals surface area contributed by atoms with Gasteiger partial charge in [0, 0.05) is 13.1 Å². The highest BCUT2D eigenvalue weighted by Gasteiger charge is 2.30. The first-order valence-corrected chi connectivity index (χ1v) is 7.43. The fourth-order valence-corrected chi connectivity index (χ4v) is 2.95. The van der Waals surface area contributed by atoms with Gasteiger partial charge in [-0.25, -0.2) is 0 Å². The highest BCUT2D eigenvalue weighted by molar-refractivity contribution is 5.81. The quantitative estimate of drug-likeness (QED) is 0.629. The van der Waals surface area contributed by atoms with Crippen LogP contribution in [0, 0.1) is 22.0 Å². The van der Waals surface area contributed by atoms with Crippen molar-refractivity contribution in [2.24, 2.45) is 11.8 Å². The number of nitrogens with zero attached hydrogens (tertiary/aromatic N) is 3. The summed E-state index contributed by atoms with van der Waals surface area (Å²) >= 11 is 0. The molecule has 2 rings (SSSR count). The van der Waals surface area contributed by atoms with E-state index in [1.807, 2.05) is 0 Å². The van der Waals surface area contributed by atoms with Gasteiger partial charge in [-0.3, -0.25) is 4.79 Å². The van der Waals surface area contributed by atoms with E-state index >= 15 is 0 Å². The van der Waals surface area contributed by atoms with Crippen LogP contribution in [0.5, 0.6) is 5.75 Å². The minimum atomic E-state index is -0.777. The molecule has 0 N–H and O–H groups in total. The Kier molecular flexibility index (Phi) is 4.95. The summed E-state index contributed by atoms with van der Waals surface area (Å²) in [4.78, 5) is 28.3. The second kappa shape index (κ2) is 6.72. The number of amides is 1. The van der Waals surface area contributed by atoms with Gasteiger partial charge in [0.05, 0.1) is 0 Å². The van der Waals surface area contributed by atoms with E-state index in [-0.39, 0.29) is 17.5 Å². The Bertz CT molecular complexity index is 553. The van der Waals surface area contributed by atoms with Gasteiger partial charge in [0.2, 0.25) is 5.75 Å². The molecule has 120 valence electrons. The van der Waals surface area contributed by atoms with Crippen LogP contribution in [0.25, 0.3) is 0 Å². The molecule has 0 bridgehead atoms. The zero-order chi connectivity index (χ0) is 16.3. The summed E-state index contributed by atoms with van der Waals surface area (Å²) < 4.78 is 5.50. The van der Waals surface area contributed by atoms with Crippen LogP contribution in [0.2, 0.25) is 0 Å². The Hall–Kier alpha value is -2.18. The number of carbonyl (C=O) groups excluding carboxylic acids is 1. The number of ether oxygens (including phenoxy) is 1. The lowest BCUT2D eigenvalue weighted by molar-refractivity contribution is -0.390. The summed E-state index contributed by atoms with van der Waals surface area (Å²) in [5.41, 5.74) is 0. The summed E-state index contributed by atoms with van der Waals surface area (Å²) in [5, 5.41) is 10.9. The lowest BCUT2D eigenvalue weighted by Gasteiger charge is -2.36. The zero-order valence-electron chi connectivity index (χ0n) is 13.1. The van der Waals surface area contributed by atoms with E-state index in [0.29, 0.717) is 24.9 Å². The topological polar surface area (TPSA) is 85.6 Å². The maximum Gasteiger partial charge on any atom is 0.406 e. The number of piperidine rings is 1. The fraction of sp³-hybridized carbons (Fsp3) is 0.600. The second-order valence-corrected chi connectivity index (χ2v) is 6.03. The van der Waals surface area contributed by atoms with Crippen molar-refractivity contribution in [2.75, 3.05) is 13.1 Å². The number of pyridine rings is 1. The third kappa shape index (κ3) is 3.72. The van der Waals surface area contributed by atoms with Crippen LogP contribution >= 0.6 is 0 Å². The molecule has 1 aliphatic heterocycles. The van der Waals surface area contributed by atoms with E-state index in [0.717, 1.165) is 6.42 Å². The predicted octanol–water partition coefficient (Wildman–Crippen LogP) is 2.26. The molecule has 1 fully saturated rings. The van der Waals surface area contributed by atoms with E-state index < -0.39 is 11.0 Å². The van der Waals surface area contributed by atoms with Crippen LogP contribution in [0.3, 0.4) is 0 Å². The van der Waals surface area contributed by atoms with Gasteiger partial charge in [-0.05, 0) is 47.2 Å². The van der Waals surface area contributed by atoms with Gasteiger partial charge in [-0.15, -0.1) is 0 Å². The SMILES string of the molecule is C[C@@H]1C[C@@H](C)CN(C(=O)[C@@H](C)Oc2cccnc2[N+](=O)[O-])C1. The highest BCUT2D eigenvalue weighted by atomic mass is 16.6. The summed E-state index contributed by atoms with van der Waals surface area (Å²) in [6, 6.07) is 3.00. The Balaban J connectivity index is 2.07. The van der Waals surface area contributed by atoms with Gasteiger partial charge in [-0.2, -0.15) is 0 Å². The van der Waals surface area contributed by atoms with Gasteiger partial charge in [0.1, 0.15) is 6.20 Å². The van der Waals surface area contributed by atoms with Crippen molar-refractivity contribution in [3.63, 3.8) is 0 Å². The van der Waals surface area contributed by atoms with Crippen molar-refractivity contribution >= 4 is 11.7 Å². The lowest BCUT2D eigenvalue weighted by Crippen LogP contribution is -2.47. The average Bonchev–Trinajstić information content (AvgIpc) is 2.45. The van der Waals surface area contributed by atoms with E-state index in [4.69, 9.17) is 4.74 Å². The molecule has 0 spiro atoms. The molecule has 3 atom stereocenters. The number of rotatable bonds is 4. The molecular weight excluding hydrogens is 286 g/mol. The number of hydrogen-bond acceptors (Lipinski definition) is 5. The molecule has 1 aromatic heterocycles. The second-order valence-electron chi connectivity index (χ2n) is 6.03. The van der Waals surface area contributed by atoms with Gasteiger partial charge in [0.15, 0.2) is 6.10 Å². The molecule has 7 nitrogen and oxygen atoms in total. The summed E-state index contributed by atoms with van der Waals surface area (Å²) in [6.07, 6.45) is 1.65. The third-order valence-corrected chi connectivity index (χ3v) is 3.76. The van der Waals surface area contributed by atoms with E-state index in [1.54, 1.807) is 17.9 Å². The smallest absolute Gasteiger partial charge is 0.406 e. The maximum atomic E-state index is 12.5. The first-order chi connectivity index (χ1) is 10.4. The summed E-state index contributed by atoms with van der Waals surface area (Å²) in [7, 11) is 0. The molecule has 0 aliphatic carbocycles. The monoisotopic (exact) mass is 307 g/mol. The number of aromatic nitrogens is 1. The average molecular weight is 307 g/mol. The molecule has 7 heteroatoms. The van der Waals surface area contributed by atoms with Gasteiger partial charge in [-0.1, -0.05) is 13.8 Å². The Labute approximate surface area is 129 Å². The van der Waals surface area contributed by atoms with Gasteiger partial charge >= 0.3 is 5.82 Å². The van der Waals surface area contributed by atoms with E-state index in [1.165, 1.54) is 12.3 Å². The number of nitro groups is 1. The van der Waals surface area contributed by atoms with Gasteiger partial charge < -0.3 is 19.8 Å². The zero-order valence-corrected chi connectivity index (χ0v) is 13.1. The molecule has 1 aromatic rings. The van der Waals surface area contributed by atoms with Crippen LogP contribution in [0.1, 0.15) is 27.2 Å². The molecule has 1 amide bonds. The maximum absolute atomic E-state index is 12.5. The third-order valence-electron chi connectivity index (χ3n) is 3.76. The Morgan fingerprint density at radius 2 is 2.09 bits per heavy atom. The molecule has 1 saturated heterocycles. The first kappa shape index (κ1) is 16.2. The van der Waals surface area contributed by atoms with Crippen LogP contribution in [-0.4, -0.2) is 39.9 Å². The van der Waals surface area contributed by atoms with Crippen molar-refractivity contribution in [3.8, 4) is 5.75 Å². The van der Waals surface area contributed by atoms with Crippen LogP contribution in [-0.2, 0) is 4.79 Å². The van der Waals surface area contributed by atoms with Gasteiger partial charge in [0.25, 0.3) is 5.91 Å². The molecule has 0 radical (unpaired) electrons. The van der Waals surface area contributed by atoms with Crippen molar-refractivity contribution < 1.29 is 14.5 Å². The van der Waals surface area contributed by atoms with Crippen LogP contribution < -0.4 is 4.74 Å². The van der Waals surface area contributed by atoms with Crippen LogP contribution in [0.4, 0.5) is 5.82 Å². The minimum Gasteiger partial charge on any atom is -0.473 e. The predicted molar refractivity (Wildman–Crippen MR) is 80.5 cm³/mol. The molecule has 2 heterocycles. The largest absolute Gasteiger partial charge is 0.473 e. The number of hydrogen-bond donors (Lipinski definition) is 0. The summed E-state index contributed by atoms with van der Waals surface area (Å²) in [5.74, 6) is 0.408. The molecule has 0 saturated carbocycles. The molecule has 0 aromatic carbocycles. The molecular formula is C15H21N3O4. The van der Waals surface area contributed by atoms with E-state index in [9.17, 15) is 14.9 Å². The van der Waals surface area contributed by atoms with Crippen molar-refractivity contribution in [1.29, 1.82) is 0 Å². The first-order valence-electron chi connectivity index (χ1n) is 7.43. The minimum absolute atomic E-state index is 0.0199. The van der Waals surface area contributed by atoms with E-state index in [2.05, 4.69) is 18.8 Å². The highest BCUT2D eigenvalue weighted by Crippen LogP contribution is 2.26.